The van der Waals surface area contributed by atoms with Crippen LogP contribution in [0.4, 0.5) is 0 Å². The number of carbonyl (C=O) groups is 1. The molecule has 0 radical (unpaired) electrons. The van der Waals surface area contributed by atoms with Gasteiger partial charge in [0.2, 0.25) is 0 Å². The summed E-state index contributed by atoms with van der Waals surface area (Å²) < 4.78 is 54.1. The SMILES string of the molecule is CCCCCCCCCCCCCCCCCC(=O)OCCOCCOCCOCCOCCOCCOCCOCCOCCOCC. The van der Waals surface area contributed by atoms with Crippen molar-refractivity contribution < 1.29 is 52.2 Å². The van der Waals surface area contributed by atoms with Crippen LogP contribution < -0.4 is 0 Å². The average molecular weight is 709 g/mol. The smallest absolute Gasteiger partial charge is 0.305 e. The van der Waals surface area contributed by atoms with Crippen molar-refractivity contribution in [1.82, 2.24) is 0 Å². The van der Waals surface area contributed by atoms with E-state index in [1.807, 2.05) is 6.92 Å². The molecule has 0 aliphatic rings. The summed E-state index contributed by atoms with van der Waals surface area (Å²) in [5.41, 5.74) is 0. The molecule has 0 amide bonds. The fourth-order valence-corrected chi connectivity index (χ4v) is 4.83. The Kier molecular flexibility index (Phi) is 44.3. The highest BCUT2D eigenvalue weighted by atomic mass is 16.6. The Labute approximate surface area is 300 Å². The van der Waals surface area contributed by atoms with Crippen LogP contribution in [-0.2, 0) is 52.2 Å². The maximum absolute atomic E-state index is 11.9. The van der Waals surface area contributed by atoms with Gasteiger partial charge in [0.1, 0.15) is 6.61 Å². The molecule has 0 spiro atoms. The van der Waals surface area contributed by atoms with E-state index in [0.717, 1.165) is 12.8 Å². The van der Waals surface area contributed by atoms with Crippen LogP contribution in [0.1, 0.15) is 117 Å². The molecule has 11 nitrogen and oxygen atoms in total. The lowest BCUT2D eigenvalue weighted by molar-refractivity contribution is -0.145. The Morgan fingerprint density at radius 1 is 0.306 bits per heavy atom. The highest BCUT2D eigenvalue weighted by Crippen LogP contribution is 2.13. The van der Waals surface area contributed by atoms with Crippen molar-refractivity contribution in [2.45, 2.75) is 117 Å². The van der Waals surface area contributed by atoms with Crippen LogP contribution >= 0.6 is 0 Å². The van der Waals surface area contributed by atoms with Crippen molar-refractivity contribution in [2.75, 3.05) is 126 Å². The lowest BCUT2D eigenvalue weighted by Crippen LogP contribution is -2.15. The third kappa shape index (κ3) is 45.1. The van der Waals surface area contributed by atoms with E-state index in [0.29, 0.717) is 132 Å². The quantitative estimate of drug-likeness (QED) is 0.0484. The summed E-state index contributed by atoms with van der Waals surface area (Å²) in [5, 5.41) is 0. The van der Waals surface area contributed by atoms with Gasteiger partial charge in [-0.2, -0.15) is 0 Å². The largest absolute Gasteiger partial charge is 0.463 e. The molecule has 0 atom stereocenters. The van der Waals surface area contributed by atoms with Crippen molar-refractivity contribution in [3.05, 3.63) is 0 Å². The number of unbranched alkanes of at least 4 members (excludes halogenated alkanes) is 14. The zero-order valence-electron chi connectivity index (χ0n) is 31.7. The van der Waals surface area contributed by atoms with Crippen LogP contribution in [0.5, 0.6) is 0 Å². The highest BCUT2D eigenvalue weighted by Gasteiger charge is 2.03. The second-order valence-electron chi connectivity index (χ2n) is 12.0. The molecule has 0 saturated heterocycles. The molecule has 0 heterocycles. The summed E-state index contributed by atoms with van der Waals surface area (Å²) in [6.07, 6.45) is 20.3. The van der Waals surface area contributed by atoms with E-state index in [-0.39, 0.29) is 5.97 Å². The summed E-state index contributed by atoms with van der Waals surface area (Å²) >= 11 is 0. The third-order valence-electron chi connectivity index (χ3n) is 7.66. The molecule has 294 valence electrons. The monoisotopic (exact) mass is 709 g/mol. The number of carbonyl (C=O) groups excluding carboxylic acids is 1. The molecule has 0 saturated carbocycles. The minimum Gasteiger partial charge on any atom is -0.463 e. The van der Waals surface area contributed by atoms with Crippen LogP contribution in [0.15, 0.2) is 0 Å². The van der Waals surface area contributed by atoms with Gasteiger partial charge in [-0.05, 0) is 13.3 Å². The predicted molar refractivity (Wildman–Crippen MR) is 194 cm³/mol. The Morgan fingerprint density at radius 3 is 0.837 bits per heavy atom. The van der Waals surface area contributed by atoms with Gasteiger partial charge in [0.25, 0.3) is 0 Å². The molecule has 0 bridgehead atoms. The van der Waals surface area contributed by atoms with Gasteiger partial charge in [0, 0.05) is 13.0 Å². The molecule has 11 heteroatoms. The molecule has 0 N–H and O–H groups in total. The topological polar surface area (TPSA) is 109 Å². The number of esters is 1. The van der Waals surface area contributed by atoms with Gasteiger partial charge in [-0.1, -0.05) is 96.8 Å². The molecular formula is C38H76O11. The van der Waals surface area contributed by atoms with Crippen molar-refractivity contribution in [3.63, 3.8) is 0 Å². The molecule has 0 aliphatic heterocycles. The minimum absolute atomic E-state index is 0.127. The summed E-state index contributed by atoms with van der Waals surface area (Å²) in [6.45, 7) is 14.0. The van der Waals surface area contributed by atoms with E-state index < -0.39 is 0 Å². The van der Waals surface area contributed by atoms with Gasteiger partial charge in [-0.15, -0.1) is 0 Å². The zero-order chi connectivity index (χ0) is 35.4. The third-order valence-corrected chi connectivity index (χ3v) is 7.66. The number of hydrogen-bond acceptors (Lipinski definition) is 11. The van der Waals surface area contributed by atoms with Crippen molar-refractivity contribution in [2.24, 2.45) is 0 Å². The van der Waals surface area contributed by atoms with Crippen LogP contribution in [0, 0.1) is 0 Å². The van der Waals surface area contributed by atoms with E-state index in [1.54, 1.807) is 0 Å². The molecular weight excluding hydrogens is 632 g/mol. The van der Waals surface area contributed by atoms with Gasteiger partial charge in [-0.3, -0.25) is 4.79 Å². The molecule has 0 aliphatic carbocycles. The summed E-state index contributed by atoms with van der Waals surface area (Å²) in [7, 11) is 0. The molecule has 0 aromatic heterocycles. The van der Waals surface area contributed by atoms with Gasteiger partial charge in [-0.25, -0.2) is 0 Å². The predicted octanol–water partition coefficient (Wildman–Crippen LogP) is 6.96. The lowest BCUT2D eigenvalue weighted by atomic mass is 10.0. The van der Waals surface area contributed by atoms with Gasteiger partial charge in [0.15, 0.2) is 0 Å². The number of hydrogen-bond donors (Lipinski definition) is 0. The minimum atomic E-state index is -0.127. The number of rotatable bonds is 44. The first kappa shape index (κ1) is 48.1. The average Bonchev–Trinajstić information content (AvgIpc) is 3.11. The highest BCUT2D eigenvalue weighted by molar-refractivity contribution is 5.69. The fraction of sp³-hybridized carbons (Fsp3) is 0.974. The van der Waals surface area contributed by atoms with E-state index in [4.69, 9.17) is 47.4 Å². The van der Waals surface area contributed by atoms with Crippen LogP contribution in [0.25, 0.3) is 0 Å². The van der Waals surface area contributed by atoms with E-state index in [2.05, 4.69) is 6.92 Å². The van der Waals surface area contributed by atoms with Gasteiger partial charge < -0.3 is 47.4 Å². The van der Waals surface area contributed by atoms with Crippen molar-refractivity contribution >= 4 is 5.97 Å². The van der Waals surface area contributed by atoms with Crippen LogP contribution in [-0.4, -0.2) is 132 Å². The van der Waals surface area contributed by atoms with E-state index in [9.17, 15) is 4.79 Å². The first-order chi connectivity index (χ1) is 24.3. The molecule has 0 fully saturated rings. The molecule has 49 heavy (non-hydrogen) atoms. The molecule has 0 unspecified atom stereocenters. The normalized spacial score (nSPS) is 11.5. The fourth-order valence-electron chi connectivity index (χ4n) is 4.83. The molecule has 0 aromatic rings. The summed E-state index contributed by atoms with van der Waals surface area (Å²) in [5.74, 6) is -0.127. The summed E-state index contributed by atoms with van der Waals surface area (Å²) in [6, 6.07) is 0. The maximum atomic E-state index is 11.9. The molecule has 0 rings (SSSR count). The van der Waals surface area contributed by atoms with Gasteiger partial charge in [0.05, 0.1) is 112 Å². The number of ether oxygens (including phenoxy) is 10. The second kappa shape index (κ2) is 45.1. The Bertz CT molecular complexity index is 612. The first-order valence-electron chi connectivity index (χ1n) is 19.7. The van der Waals surface area contributed by atoms with Crippen LogP contribution in [0.3, 0.4) is 0 Å². The zero-order valence-corrected chi connectivity index (χ0v) is 31.7. The van der Waals surface area contributed by atoms with Gasteiger partial charge >= 0.3 is 5.97 Å². The van der Waals surface area contributed by atoms with E-state index >= 15 is 0 Å². The Morgan fingerprint density at radius 2 is 0.551 bits per heavy atom. The second-order valence-corrected chi connectivity index (χ2v) is 12.0. The Balaban J connectivity index is 3.13. The van der Waals surface area contributed by atoms with Crippen molar-refractivity contribution in [1.29, 1.82) is 0 Å². The Hall–Kier alpha value is -0.890. The van der Waals surface area contributed by atoms with E-state index in [1.165, 1.54) is 83.5 Å². The van der Waals surface area contributed by atoms with Crippen molar-refractivity contribution in [3.8, 4) is 0 Å². The lowest BCUT2D eigenvalue weighted by Gasteiger charge is -2.09. The molecule has 0 aromatic carbocycles. The standard InChI is InChI=1S/C38H76O11/c1-3-5-6-7-8-9-10-11-12-13-14-15-16-17-18-19-38(39)49-37-36-48-35-34-47-33-32-46-31-30-45-29-28-44-27-26-43-25-24-42-23-22-41-21-20-40-4-2/h3-37H2,1-2H3. The van der Waals surface area contributed by atoms with Crippen LogP contribution in [0.2, 0.25) is 0 Å². The first-order valence-corrected chi connectivity index (χ1v) is 19.7. The maximum Gasteiger partial charge on any atom is 0.305 e. The summed E-state index contributed by atoms with van der Waals surface area (Å²) in [4.78, 5) is 11.9.